The van der Waals surface area contributed by atoms with Crippen LogP contribution < -0.4 is 10.6 Å². The number of thiazole rings is 1. The van der Waals surface area contributed by atoms with E-state index in [1.807, 2.05) is 12.1 Å². The third-order valence-corrected chi connectivity index (χ3v) is 4.73. The Bertz CT molecular complexity index is 617. The van der Waals surface area contributed by atoms with Gasteiger partial charge in [0.25, 0.3) is 0 Å². The SMILES string of the molecule is CCc1cccc2sc(NC(=O)NC3CCCC3)nc12. The van der Waals surface area contributed by atoms with Crippen LogP contribution in [0.15, 0.2) is 18.2 Å². The van der Waals surface area contributed by atoms with E-state index in [9.17, 15) is 4.79 Å². The van der Waals surface area contributed by atoms with Crippen molar-refractivity contribution in [3.05, 3.63) is 23.8 Å². The van der Waals surface area contributed by atoms with Crippen LogP contribution in [0.1, 0.15) is 38.2 Å². The highest BCUT2D eigenvalue weighted by Crippen LogP contribution is 2.28. The van der Waals surface area contributed by atoms with Crippen molar-refractivity contribution in [2.24, 2.45) is 0 Å². The molecule has 1 fully saturated rings. The fourth-order valence-electron chi connectivity index (χ4n) is 2.73. The number of amides is 2. The van der Waals surface area contributed by atoms with E-state index in [1.54, 1.807) is 0 Å². The molecule has 1 aromatic heterocycles. The highest BCUT2D eigenvalue weighted by molar-refractivity contribution is 7.22. The number of rotatable bonds is 3. The first kappa shape index (κ1) is 13.4. The van der Waals surface area contributed by atoms with Crippen molar-refractivity contribution < 1.29 is 4.79 Å². The third-order valence-electron chi connectivity index (χ3n) is 3.79. The van der Waals surface area contributed by atoms with E-state index >= 15 is 0 Å². The molecule has 106 valence electrons. The molecule has 2 amide bonds. The number of carbonyl (C=O) groups excluding carboxylic acids is 1. The van der Waals surface area contributed by atoms with Crippen LogP contribution in [0.5, 0.6) is 0 Å². The number of urea groups is 1. The number of hydrogen-bond donors (Lipinski definition) is 2. The van der Waals surface area contributed by atoms with Crippen LogP contribution in [0.4, 0.5) is 9.93 Å². The molecule has 2 N–H and O–H groups in total. The van der Waals surface area contributed by atoms with Crippen LogP contribution >= 0.6 is 11.3 Å². The summed E-state index contributed by atoms with van der Waals surface area (Å²) in [5.74, 6) is 0. The number of nitrogens with zero attached hydrogens (tertiary/aromatic N) is 1. The second-order valence-corrected chi connectivity index (χ2v) is 6.25. The molecule has 1 saturated carbocycles. The fourth-order valence-corrected chi connectivity index (χ4v) is 3.64. The van der Waals surface area contributed by atoms with Crippen molar-refractivity contribution in [1.82, 2.24) is 10.3 Å². The second-order valence-electron chi connectivity index (χ2n) is 5.22. The second kappa shape index (κ2) is 5.79. The molecule has 5 heteroatoms. The standard InChI is InChI=1S/C15H19N3OS/c1-2-10-6-5-9-12-13(10)17-15(20-12)18-14(19)16-11-7-3-4-8-11/h5-6,9,11H,2-4,7-8H2,1H3,(H2,16,17,18,19). The van der Waals surface area contributed by atoms with Gasteiger partial charge in [0, 0.05) is 6.04 Å². The first-order valence-corrected chi connectivity index (χ1v) is 8.04. The first-order chi connectivity index (χ1) is 9.76. The Hall–Kier alpha value is -1.62. The summed E-state index contributed by atoms with van der Waals surface area (Å²) in [7, 11) is 0. The fraction of sp³-hybridized carbons (Fsp3) is 0.467. The number of benzene rings is 1. The van der Waals surface area contributed by atoms with Crippen molar-refractivity contribution in [1.29, 1.82) is 0 Å². The largest absolute Gasteiger partial charge is 0.335 e. The molecule has 0 bridgehead atoms. The molecule has 0 unspecified atom stereocenters. The first-order valence-electron chi connectivity index (χ1n) is 7.22. The predicted molar refractivity (Wildman–Crippen MR) is 83.4 cm³/mol. The Morgan fingerprint density at radius 3 is 2.95 bits per heavy atom. The highest BCUT2D eigenvalue weighted by atomic mass is 32.1. The molecule has 1 aliphatic rings. The lowest BCUT2D eigenvalue weighted by atomic mass is 10.1. The van der Waals surface area contributed by atoms with Gasteiger partial charge in [-0.3, -0.25) is 5.32 Å². The lowest BCUT2D eigenvalue weighted by Gasteiger charge is -2.11. The average molecular weight is 289 g/mol. The normalized spacial score (nSPS) is 15.7. The van der Waals surface area contributed by atoms with E-state index in [2.05, 4.69) is 28.6 Å². The Labute approximate surface area is 122 Å². The van der Waals surface area contributed by atoms with E-state index < -0.39 is 0 Å². The summed E-state index contributed by atoms with van der Waals surface area (Å²) < 4.78 is 1.13. The summed E-state index contributed by atoms with van der Waals surface area (Å²) in [6.07, 6.45) is 5.56. The minimum absolute atomic E-state index is 0.131. The van der Waals surface area contributed by atoms with Crippen molar-refractivity contribution in [3.8, 4) is 0 Å². The summed E-state index contributed by atoms with van der Waals surface area (Å²) >= 11 is 1.53. The predicted octanol–water partition coefficient (Wildman–Crippen LogP) is 3.92. The molecule has 1 heterocycles. The summed E-state index contributed by atoms with van der Waals surface area (Å²) in [6, 6.07) is 6.38. The van der Waals surface area contributed by atoms with Gasteiger partial charge in [0.15, 0.2) is 5.13 Å². The van der Waals surface area contributed by atoms with Gasteiger partial charge in [-0.15, -0.1) is 0 Å². The molecule has 3 rings (SSSR count). The number of carbonyl (C=O) groups is 1. The number of fused-ring (bicyclic) bond motifs is 1. The Kier molecular flexibility index (Phi) is 3.87. The molecular weight excluding hydrogens is 270 g/mol. The molecule has 0 atom stereocenters. The molecular formula is C15H19N3OS. The molecule has 1 aliphatic carbocycles. The molecule has 0 saturated heterocycles. The van der Waals surface area contributed by atoms with E-state index in [0.29, 0.717) is 11.2 Å². The topological polar surface area (TPSA) is 54.0 Å². The van der Waals surface area contributed by atoms with Gasteiger partial charge in [0.1, 0.15) is 0 Å². The Balaban J connectivity index is 1.72. The van der Waals surface area contributed by atoms with Gasteiger partial charge in [0.2, 0.25) is 0 Å². The molecule has 0 spiro atoms. The lowest BCUT2D eigenvalue weighted by Crippen LogP contribution is -2.36. The van der Waals surface area contributed by atoms with Gasteiger partial charge in [-0.2, -0.15) is 0 Å². The maximum atomic E-state index is 11.9. The molecule has 1 aromatic carbocycles. The minimum atomic E-state index is -0.131. The molecule has 4 nitrogen and oxygen atoms in total. The molecule has 2 aromatic rings. The summed E-state index contributed by atoms with van der Waals surface area (Å²) in [4.78, 5) is 16.5. The van der Waals surface area contributed by atoms with E-state index in [4.69, 9.17) is 0 Å². The van der Waals surface area contributed by atoms with Crippen LogP contribution in [0.2, 0.25) is 0 Å². The van der Waals surface area contributed by atoms with Crippen LogP contribution in [0.25, 0.3) is 10.2 Å². The van der Waals surface area contributed by atoms with Gasteiger partial charge in [-0.1, -0.05) is 43.2 Å². The summed E-state index contributed by atoms with van der Waals surface area (Å²) in [5, 5.41) is 6.56. The molecule has 0 radical (unpaired) electrons. The maximum absolute atomic E-state index is 11.9. The zero-order valence-corrected chi connectivity index (χ0v) is 12.4. The minimum Gasteiger partial charge on any atom is -0.335 e. The monoisotopic (exact) mass is 289 g/mol. The van der Waals surface area contributed by atoms with E-state index in [0.717, 1.165) is 29.5 Å². The lowest BCUT2D eigenvalue weighted by molar-refractivity contribution is 0.248. The summed E-state index contributed by atoms with van der Waals surface area (Å²) in [5.41, 5.74) is 2.24. The zero-order valence-electron chi connectivity index (χ0n) is 11.6. The number of anilines is 1. The van der Waals surface area contributed by atoms with Crippen molar-refractivity contribution in [2.45, 2.75) is 45.1 Å². The van der Waals surface area contributed by atoms with Gasteiger partial charge in [-0.05, 0) is 30.9 Å². The van der Waals surface area contributed by atoms with Crippen molar-refractivity contribution in [3.63, 3.8) is 0 Å². The van der Waals surface area contributed by atoms with Crippen LogP contribution in [0.3, 0.4) is 0 Å². The number of aromatic nitrogens is 1. The zero-order chi connectivity index (χ0) is 13.9. The van der Waals surface area contributed by atoms with Crippen molar-refractivity contribution in [2.75, 3.05) is 5.32 Å². The number of para-hydroxylation sites is 1. The maximum Gasteiger partial charge on any atom is 0.321 e. The molecule has 0 aliphatic heterocycles. The van der Waals surface area contributed by atoms with E-state index in [-0.39, 0.29) is 6.03 Å². The smallest absolute Gasteiger partial charge is 0.321 e. The number of nitrogens with one attached hydrogen (secondary N) is 2. The van der Waals surface area contributed by atoms with Crippen LogP contribution in [-0.2, 0) is 6.42 Å². The van der Waals surface area contributed by atoms with Crippen LogP contribution in [-0.4, -0.2) is 17.1 Å². The van der Waals surface area contributed by atoms with Gasteiger partial charge < -0.3 is 5.32 Å². The van der Waals surface area contributed by atoms with Gasteiger partial charge >= 0.3 is 6.03 Å². The van der Waals surface area contributed by atoms with Gasteiger partial charge in [-0.25, -0.2) is 9.78 Å². The number of aryl methyl sites for hydroxylation is 1. The van der Waals surface area contributed by atoms with E-state index in [1.165, 1.54) is 29.7 Å². The highest BCUT2D eigenvalue weighted by Gasteiger charge is 2.17. The molecule has 20 heavy (non-hydrogen) atoms. The third kappa shape index (κ3) is 2.77. The average Bonchev–Trinajstić information content (AvgIpc) is 3.06. The summed E-state index contributed by atoms with van der Waals surface area (Å²) in [6.45, 7) is 2.12. The van der Waals surface area contributed by atoms with Gasteiger partial charge in [0.05, 0.1) is 10.2 Å². The quantitative estimate of drug-likeness (QED) is 0.899. The van der Waals surface area contributed by atoms with Crippen LogP contribution in [0, 0.1) is 0 Å². The Morgan fingerprint density at radius 1 is 1.40 bits per heavy atom. The number of hydrogen-bond acceptors (Lipinski definition) is 3. The Morgan fingerprint density at radius 2 is 2.20 bits per heavy atom. The van der Waals surface area contributed by atoms with Crippen molar-refractivity contribution >= 4 is 32.7 Å².